The van der Waals surface area contributed by atoms with E-state index < -0.39 is 0 Å². The van der Waals surface area contributed by atoms with Crippen molar-refractivity contribution < 1.29 is 9.53 Å². The molecule has 25 heavy (non-hydrogen) atoms. The summed E-state index contributed by atoms with van der Waals surface area (Å²) in [4.78, 5) is 12.1. The van der Waals surface area contributed by atoms with E-state index in [0.717, 1.165) is 28.4 Å². The molecule has 0 atom stereocenters. The van der Waals surface area contributed by atoms with Crippen LogP contribution in [0.2, 0.25) is 0 Å². The van der Waals surface area contributed by atoms with Crippen LogP contribution in [0, 0.1) is 0 Å². The van der Waals surface area contributed by atoms with E-state index in [0.29, 0.717) is 6.42 Å². The summed E-state index contributed by atoms with van der Waals surface area (Å²) in [5.41, 5.74) is 3.70. The lowest BCUT2D eigenvalue weighted by molar-refractivity contribution is -0.115. The molecule has 0 saturated heterocycles. The van der Waals surface area contributed by atoms with Gasteiger partial charge in [-0.05, 0) is 54.1 Å². The number of methoxy groups -OCH3 is 1. The van der Waals surface area contributed by atoms with Crippen LogP contribution in [-0.2, 0) is 11.2 Å². The number of amides is 1. The van der Waals surface area contributed by atoms with Gasteiger partial charge in [-0.25, -0.2) is 0 Å². The lowest BCUT2D eigenvalue weighted by Gasteiger charge is -2.09. The SMILES string of the molecule is COc1ccc(Nc2ccc(NC(=O)Cc3ccccc3)cc2)cc1. The Labute approximate surface area is 147 Å². The standard InChI is InChI=1S/C21H20N2O2/c1-25-20-13-11-18(12-14-20)22-17-7-9-19(10-8-17)23-21(24)15-16-5-3-2-4-6-16/h2-14,22H,15H2,1H3,(H,23,24). The van der Waals surface area contributed by atoms with E-state index in [4.69, 9.17) is 4.74 Å². The van der Waals surface area contributed by atoms with Gasteiger partial charge in [-0.2, -0.15) is 0 Å². The zero-order valence-corrected chi connectivity index (χ0v) is 14.0. The molecular weight excluding hydrogens is 312 g/mol. The first-order valence-corrected chi connectivity index (χ1v) is 8.08. The van der Waals surface area contributed by atoms with Crippen LogP contribution >= 0.6 is 0 Å². The molecule has 0 spiro atoms. The van der Waals surface area contributed by atoms with Crippen molar-refractivity contribution in [1.29, 1.82) is 0 Å². The molecule has 0 aliphatic carbocycles. The molecule has 0 unspecified atom stereocenters. The first kappa shape index (κ1) is 16.6. The zero-order chi connectivity index (χ0) is 17.5. The minimum atomic E-state index is -0.0259. The second-order valence-electron chi connectivity index (χ2n) is 5.64. The smallest absolute Gasteiger partial charge is 0.228 e. The highest BCUT2D eigenvalue weighted by atomic mass is 16.5. The molecule has 0 aliphatic heterocycles. The molecule has 0 aliphatic rings. The van der Waals surface area contributed by atoms with E-state index >= 15 is 0 Å². The molecule has 0 saturated carbocycles. The van der Waals surface area contributed by atoms with E-state index in [-0.39, 0.29) is 5.91 Å². The van der Waals surface area contributed by atoms with Gasteiger partial charge in [-0.15, -0.1) is 0 Å². The number of ether oxygens (including phenoxy) is 1. The maximum absolute atomic E-state index is 12.1. The molecule has 4 heteroatoms. The van der Waals surface area contributed by atoms with Crippen LogP contribution in [0.3, 0.4) is 0 Å². The van der Waals surface area contributed by atoms with Gasteiger partial charge >= 0.3 is 0 Å². The van der Waals surface area contributed by atoms with Crippen molar-refractivity contribution >= 4 is 23.0 Å². The maximum Gasteiger partial charge on any atom is 0.228 e. The molecule has 3 aromatic rings. The summed E-state index contributed by atoms with van der Waals surface area (Å²) in [7, 11) is 1.65. The van der Waals surface area contributed by atoms with Gasteiger partial charge in [-0.1, -0.05) is 30.3 Å². The highest BCUT2D eigenvalue weighted by Gasteiger charge is 2.04. The Morgan fingerprint density at radius 2 is 1.36 bits per heavy atom. The number of hydrogen-bond acceptors (Lipinski definition) is 3. The predicted molar refractivity (Wildman–Crippen MR) is 101 cm³/mol. The lowest BCUT2D eigenvalue weighted by Crippen LogP contribution is -2.14. The Morgan fingerprint density at radius 3 is 1.96 bits per heavy atom. The van der Waals surface area contributed by atoms with Crippen molar-refractivity contribution in [3.63, 3.8) is 0 Å². The summed E-state index contributed by atoms with van der Waals surface area (Å²) >= 11 is 0. The lowest BCUT2D eigenvalue weighted by atomic mass is 10.1. The summed E-state index contributed by atoms with van der Waals surface area (Å²) in [5.74, 6) is 0.795. The fourth-order valence-electron chi connectivity index (χ4n) is 2.46. The van der Waals surface area contributed by atoms with E-state index in [9.17, 15) is 4.79 Å². The summed E-state index contributed by atoms with van der Waals surface area (Å²) in [6.07, 6.45) is 0.368. The Morgan fingerprint density at radius 1 is 0.800 bits per heavy atom. The third-order valence-corrected chi connectivity index (χ3v) is 3.75. The van der Waals surface area contributed by atoms with Crippen molar-refractivity contribution in [2.45, 2.75) is 6.42 Å². The van der Waals surface area contributed by atoms with Gasteiger partial charge in [0.25, 0.3) is 0 Å². The van der Waals surface area contributed by atoms with Gasteiger partial charge in [0, 0.05) is 17.1 Å². The number of carbonyl (C=O) groups excluding carboxylic acids is 1. The van der Waals surface area contributed by atoms with Crippen LogP contribution in [0.25, 0.3) is 0 Å². The molecule has 3 rings (SSSR count). The molecule has 0 bridgehead atoms. The van der Waals surface area contributed by atoms with Crippen molar-refractivity contribution in [3.05, 3.63) is 84.4 Å². The quantitative estimate of drug-likeness (QED) is 0.692. The summed E-state index contributed by atoms with van der Waals surface area (Å²) in [6.45, 7) is 0. The second-order valence-corrected chi connectivity index (χ2v) is 5.64. The van der Waals surface area contributed by atoms with Crippen LogP contribution in [0.15, 0.2) is 78.9 Å². The first-order chi connectivity index (χ1) is 12.2. The van der Waals surface area contributed by atoms with E-state index in [2.05, 4.69) is 10.6 Å². The van der Waals surface area contributed by atoms with Crippen LogP contribution in [0.4, 0.5) is 17.1 Å². The monoisotopic (exact) mass is 332 g/mol. The molecule has 0 heterocycles. The molecule has 0 aromatic heterocycles. The topological polar surface area (TPSA) is 50.4 Å². The first-order valence-electron chi connectivity index (χ1n) is 8.08. The van der Waals surface area contributed by atoms with Crippen molar-refractivity contribution in [1.82, 2.24) is 0 Å². The van der Waals surface area contributed by atoms with Crippen LogP contribution in [-0.4, -0.2) is 13.0 Å². The van der Waals surface area contributed by atoms with E-state index in [1.807, 2.05) is 78.9 Å². The Bertz CT molecular complexity index is 813. The van der Waals surface area contributed by atoms with E-state index in [1.54, 1.807) is 7.11 Å². The molecular formula is C21H20N2O2. The highest BCUT2D eigenvalue weighted by molar-refractivity contribution is 5.92. The minimum absolute atomic E-state index is 0.0259. The van der Waals surface area contributed by atoms with Gasteiger partial charge < -0.3 is 15.4 Å². The third kappa shape index (κ3) is 4.85. The average Bonchev–Trinajstić information content (AvgIpc) is 2.65. The Kier molecular flexibility index (Phi) is 5.32. The van der Waals surface area contributed by atoms with E-state index in [1.165, 1.54) is 0 Å². The summed E-state index contributed by atoms with van der Waals surface area (Å²) in [5, 5.41) is 6.22. The molecule has 0 radical (unpaired) electrons. The van der Waals surface area contributed by atoms with Gasteiger partial charge in [0.1, 0.15) is 5.75 Å². The molecule has 4 nitrogen and oxygen atoms in total. The molecule has 0 fully saturated rings. The maximum atomic E-state index is 12.1. The molecule has 2 N–H and O–H groups in total. The van der Waals surface area contributed by atoms with Crippen molar-refractivity contribution in [3.8, 4) is 5.75 Å². The van der Waals surface area contributed by atoms with Crippen LogP contribution < -0.4 is 15.4 Å². The zero-order valence-electron chi connectivity index (χ0n) is 14.0. The Hall–Kier alpha value is -3.27. The third-order valence-electron chi connectivity index (χ3n) is 3.75. The summed E-state index contributed by atoms with van der Waals surface area (Å²) < 4.78 is 5.15. The van der Waals surface area contributed by atoms with Crippen molar-refractivity contribution in [2.75, 3.05) is 17.7 Å². The van der Waals surface area contributed by atoms with Crippen LogP contribution in [0.1, 0.15) is 5.56 Å². The number of benzene rings is 3. The number of carbonyl (C=O) groups is 1. The Balaban J connectivity index is 1.57. The highest BCUT2D eigenvalue weighted by Crippen LogP contribution is 2.21. The molecule has 1 amide bonds. The fraction of sp³-hybridized carbons (Fsp3) is 0.0952. The largest absolute Gasteiger partial charge is 0.497 e. The predicted octanol–water partition coefficient (Wildman–Crippen LogP) is 4.62. The fourth-order valence-corrected chi connectivity index (χ4v) is 2.46. The summed E-state index contributed by atoms with van der Waals surface area (Å²) in [6, 6.07) is 25.0. The number of rotatable bonds is 6. The van der Waals surface area contributed by atoms with Gasteiger partial charge in [0.2, 0.25) is 5.91 Å². The number of anilines is 3. The molecule has 3 aromatic carbocycles. The van der Waals surface area contributed by atoms with Gasteiger partial charge in [0.15, 0.2) is 0 Å². The average molecular weight is 332 g/mol. The van der Waals surface area contributed by atoms with Gasteiger partial charge in [-0.3, -0.25) is 4.79 Å². The minimum Gasteiger partial charge on any atom is -0.497 e. The van der Waals surface area contributed by atoms with Gasteiger partial charge in [0.05, 0.1) is 13.5 Å². The van der Waals surface area contributed by atoms with Crippen molar-refractivity contribution in [2.24, 2.45) is 0 Å². The van der Waals surface area contributed by atoms with Crippen LogP contribution in [0.5, 0.6) is 5.75 Å². The second kappa shape index (κ2) is 8.02. The number of nitrogens with one attached hydrogen (secondary N) is 2. The number of hydrogen-bond donors (Lipinski definition) is 2. The molecule has 126 valence electrons. The normalized spacial score (nSPS) is 10.1.